The Morgan fingerprint density at radius 3 is 2.67 bits per heavy atom. The fourth-order valence-electron chi connectivity index (χ4n) is 3.35. The van der Waals surface area contributed by atoms with Gasteiger partial charge in [-0.2, -0.15) is 5.10 Å². The summed E-state index contributed by atoms with van der Waals surface area (Å²) in [6.07, 6.45) is 1.96. The van der Waals surface area contributed by atoms with Gasteiger partial charge in [0.2, 0.25) is 0 Å². The highest BCUT2D eigenvalue weighted by atomic mass is 16.5. The zero-order valence-electron chi connectivity index (χ0n) is 15.3. The van der Waals surface area contributed by atoms with Crippen molar-refractivity contribution in [2.45, 2.75) is 6.54 Å². The zero-order chi connectivity index (χ0) is 18.6. The monoisotopic (exact) mass is 365 g/mol. The molecule has 7 heteroatoms. The SMILES string of the molecule is COc1ccccc1NC(=O)N1CCN(Cc2cc3ccccn3n2)CC1. The summed E-state index contributed by atoms with van der Waals surface area (Å²) in [7, 11) is 1.60. The topological polar surface area (TPSA) is 62.1 Å². The lowest BCUT2D eigenvalue weighted by molar-refractivity contribution is 0.142. The van der Waals surface area contributed by atoms with Gasteiger partial charge in [0, 0.05) is 38.9 Å². The molecule has 0 aliphatic carbocycles. The molecule has 2 amide bonds. The van der Waals surface area contributed by atoms with Crippen molar-refractivity contribution in [3.05, 3.63) is 60.4 Å². The van der Waals surface area contributed by atoms with Crippen LogP contribution in [0.4, 0.5) is 10.5 Å². The molecule has 0 unspecified atom stereocenters. The van der Waals surface area contributed by atoms with E-state index in [9.17, 15) is 4.79 Å². The first-order valence-electron chi connectivity index (χ1n) is 9.07. The molecule has 27 heavy (non-hydrogen) atoms. The number of rotatable bonds is 4. The van der Waals surface area contributed by atoms with E-state index in [-0.39, 0.29) is 6.03 Å². The van der Waals surface area contributed by atoms with Crippen molar-refractivity contribution in [3.63, 3.8) is 0 Å². The number of nitrogens with one attached hydrogen (secondary N) is 1. The number of methoxy groups -OCH3 is 1. The Labute approximate surface area is 158 Å². The lowest BCUT2D eigenvalue weighted by atomic mass is 10.2. The van der Waals surface area contributed by atoms with Crippen LogP contribution in [0.2, 0.25) is 0 Å². The third-order valence-electron chi connectivity index (χ3n) is 4.81. The van der Waals surface area contributed by atoms with Crippen LogP contribution >= 0.6 is 0 Å². The number of para-hydroxylation sites is 2. The van der Waals surface area contributed by atoms with Gasteiger partial charge in [-0.05, 0) is 30.3 Å². The van der Waals surface area contributed by atoms with Gasteiger partial charge in [-0.3, -0.25) is 4.90 Å². The van der Waals surface area contributed by atoms with E-state index in [2.05, 4.69) is 27.4 Å². The number of nitrogens with zero attached hydrogens (tertiary/aromatic N) is 4. The van der Waals surface area contributed by atoms with Crippen LogP contribution in [-0.4, -0.2) is 58.7 Å². The van der Waals surface area contributed by atoms with Gasteiger partial charge in [-0.15, -0.1) is 0 Å². The van der Waals surface area contributed by atoms with Gasteiger partial charge in [-0.1, -0.05) is 18.2 Å². The number of urea groups is 1. The van der Waals surface area contributed by atoms with Crippen LogP contribution in [0.5, 0.6) is 5.75 Å². The van der Waals surface area contributed by atoms with E-state index in [1.54, 1.807) is 7.11 Å². The van der Waals surface area contributed by atoms with E-state index in [0.29, 0.717) is 24.5 Å². The first-order valence-corrected chi connectivity index (χ1v) is 9.07. The maximum Gasteiger partial charge on any atom is 0.322 e. The third-order valence-corrected chi connectivity index (χ3v) is 4.81. The summed E-state index contributed by atoms with van der Waals surface area (Å²) in [4.78, 5) is 16.7. The van der Waals surface area contributed by atoms with Crippen molar-refractivity contribution in [1.82, 2.24) is 19.4 Å². The Morgan fingerprint density at radius 1 is 1.11 bits per heavy atom. The van der Waals surface area contributed by atoms with Crippen molar-refractivity contribution >= 4 is 17.2 Å². The van der Waals surface area contributed by atoms with E-state index in [1.165, 1.54) is 0 Å². The Kier molecular flexibility index (Phi) is 4.93. The minimum absolute atomic E-state index is 0.0909. The lowest BCUT2D eigenvalue weighted by Crippen LogP contribution is -2.49. The molecule has 0 spiro atoms. The Bertz CT molecular complexity index is 898. The van der Waals surface area contributed by atoms with Gasteiger partial charge >= 0.3 is 6.03 Å². The molecule has 7 nitrogen and oxygen atoms in total. The van der Waals surface area contributed by atoms with Crippen LogP contribution in [0.1, 0.15) is 5.69 Å². The van der Waals surface area contributed by atoms with E-state index in [4.69, 9.17) is 4.74 Å². The number of benzene rings is 1. The first-order chi connectivity index (χ1) is 13.2. The van der Waals surface area contributed by atoms with Crippen LogP contribution in [-0.2, 0) is 6.54 Å². The molecule has 140 valence electrons. The van der Waals surface area contributed by atoms with Crippen LogP contribution in [0.3, 0.4) is 0 Å². The molecule has 2 aromatic heterocycles. The Balaban J connectivity index is 1.32. The molecule has 0 atom stereocenters. The lowest BCUT2D eigenvalue weighted by Gasteiger charge is -2.34. The molecule has 1 aliphatic heterocycles. The highest BCUT2D eigenvalue weighted by molar-refractivity contribution is 5.91. The number of anilines is 1. The Morgan fingerprint density at radius 2 is 1.89 bits per heavy atom. The molecule has 3 heterocycles. The molecule has 0 radical (unpaired) electrons. The number of piperazine rings is 1. The van der Waals surface area contributed by atoms with E-state index >= 15 is 0 Å². The molecular weight excluding hydrogens is 342 g/mol. The van der Waals surface area contributed by atoms with Gasteiger partial charge in [0.25, 0.3) is 0 Å². The maximum absolute atomic E-state index is 12.5. The smallest absolute Gasteiger partial charge is 0.322 e. The second-order valence-electron chi connectivity index (χ2n) is 6.60. The van der Waals surface area contributed by atoms with Crippen LogP contribution in [0.25, 0.3) is 5.52 Å². The highest BCUT2D eigenvalue weighted by Gasteiger charge is 2.22. The molecule has 1 fully saturated rings. The largest absolute Gasteiger partial charge is 0.495 e. The van der Waals surface area contributed by atoms with Crippen molar-refractivity contribution in [2.75, 3.05) is 38.6 Å². The predicted octanol–water partition coefficient (Wildman–Crippen LogP) is 2.69. The van der Waals surface area contributed by atoms with Crippen LogP contribution in [0, 0.1) is 0 Å². The predicted molar refractivity (Wildman–Crippen MR) is 104 cm³/mol. The molecule has 1 aromatic carbocycles. The average molecular weight is 365 g/mol. The summed E-state index contributed by atoms with van der Waals surface area (Å²) in [5, 5.41) is 7.55. The van der Waals surface area contributed by atoms with Gasteiger partial charge in [0.05, 0.1) is 24.0 Å². The van der Waals surface area contributed by atoms with E-state index in [1.807, 2.05) is 52.0 Å². The number of carbonyl (C=O) groups excluding carboxylic acids is 1. The number of pyridine rings is 1. The van der Waals surface area contributed by atoms with Crippen molar-refractivity contribution < 1.29 is 9.53 Å². The number of hydrogen-bond donors (Lipinski definition) is 1. The fourth-order valence-corrected chi connectivity index (χ4v) is 3.35. The second kappa shape index (κ2) is 7.67. The first kappa shape index (κ1) is 17.4. The van der Waals surface area contributed by atoms with Crippen LogP contribution in [0.15, 0.2) is 54.7 Å². The van der Waals surface area contributed by atoms with Crippen molar-refractivity contribution in [1.29, 1.82) is 0 Å². The summed E-state index contributed by atoms with van der Waals surface area (Å²) in [6.45, 7) is 3.83. The summed E-state index contributed by atoms with van der Waals surface area (Å²) >= 11 is 0. The molecule has 3 aromatic rings. The Hall–Kier alpha value is -3.06. The molecule has 4 rings (SSSR count). The van der Waals surface area contributed by atoms with Crippen LogP contribution < -0.4 is 10.1 Å². The number of amides is 2. The van der Waals surface area contributed by atoms with Crippen molar-refractivity contribution in [3.8, 4) is 5.75 Å². The minimum atomic E-state index is -0.0909. The fraction of sp³-hybridized carbons (Fsp3) is 0.300. The third kappa shape index (κ3) is 3.88. The van der Waals surface area contributed by atoms with Gasteiger partial charge in [-0.25, -0.2) is 9.31 Å². The van der Waals surface area contributed by atoms with Gasteiger partial charge < -0.3 is 15.0 Å². The normalized spacial score (nSPS) is 15.1. The van der Waals surface area contributed by atoms with Crippen molar-refractivity contribution in [2.24, 2.45) is 0 Å². The average Bonchev–Trinajstić information content (AvgIpc) is 3.11. The minimum Gasteiger partial charge on any atom is -0.495 e. The number of aromatic nitrogens is 2. The maximum atomic E-state index is 12.5. The van der Waals surface area contributed by atoms with E-state index < -0.39 is 0 Å². The van der Waals surface area contributed by atoms with E-state index in [0.717, 1.165) is 30.8 Å². The zero-order valence-corrected chi connectivity index (χ0v) is 15.3. The highest BCUT2D eigenvalue weighted by Crippen LogP contribution is 2.23. The molecular formula is C20H23N5O2. The number of ether oxygens (including phenoxy) is 1. The number of carbonyl (C=O) groups is 1. The quantitative estimate of drug-likeness (QED) is 0.772. The summed E-state index contributed by atoms with van der Waals surface area (Å²) in [6, 6.07) is 15.5. The number of hydrogen-bond acceptors (Lipinski definition) is 4. The molecule has 1 N–H and O–H groups in total. The standard InChI is InChI=1S/C20H23N5O2/c1-27-19-8-3-2-7-18(19)21-20(26)24-12-10-23(11-13-24)15-16-14-17-6-4-5-9-25(17)22-16/h2-9,14H,10-13,15H2,1H3,(H,21,26). The summed E-state index contributed by atoms with van der Waals surface area (Å²) in [5.41, 5.74) is 2.84. The van der Waals surface area contributed by atoms with Gasteiger partial charge in [0.1, 0.15) is 5.75 Å². The molecule has 1 saturated heterocycles. The summed E-state index contributed by atoms with van der Waals surface area (Å²) < 4.78 is 7.19. The second-order valence-corrected chi connectivity index (χ2v) is 6.60. The molecule has 0 saturated carbocycles. The molecule has 1 aliphatic rings. The summed E-state index contributed by atoms with van der Waals surface area (Å²) in [5.74, 6) is 0.663. The number of fused-ring (bicyclic) bond motifs is 1. The molecule has 0 bridgehead atoms. The van der Waals surface area contributed by atoms with Gasteiger partial charge in [0.15, 0.2) is 0 Å².